The van der Waals surface area contributed by atoms with E-state index in [0.717, 1.165) is 6.42 Å². The first kappa shape index (κ1) is 11.8. The smallest absolute Gasteiger partial charge is 0.251 e. The van der Waals surface area contributed by atoms with Gasteiger partial charge in [-0.05, 0) is 25.9 Å². The minimum absolute atomic E-state index is 0.144. The maximum Gasteiger partial charge on any atom is 0.251 e. The summed E-state index contributed by atoms with van der Waals surface area (Å²) in [6.07, 6.45) is -1.34. The molecule has 0 aromatic rings. The molecule has 0 rings (SSSR count). The van der Waals surface area contributed by atoms with Gasteiger partial charge in [0.05, 0.1) is 6.54 Å². The predicted octanol–water partition coefficient (Wildman–Crippen LogP) is 1.17. The van der Waals surface area contributed by atoms with Crippen LogP contribution in [0.1, 0.15) is 13.3 Å². The second-order valence-corrected chi connectivity index (χ2v) is 3.29. The topological polar surface area (TPSA) is 29.3 Å². The van der Waals surface area contributed by atoms with Crippen molar-refractivity contribution in [2.24, 2.45) is 11.7 Å². The number of hydrogen-bond acceptors (Lipinski definition) is 2. The third-order valence-electron chi connectivity index (χ3n) is 1.73. The van der Waals surface area contributed by atoms with Crippen molar-refractivity contribution in [2.45, 2.75) is 19.8 Å². The molecule has 0 radical (unpaired) electrons. The Hall–Kier alpha value is -0.220. The van der Waals surface area contributed by atoms with Gasteiger partial charge in [-0.2, -0.15) is 0 Å². The van der Waals surface area contributed by atoms with Crippen LogP contribution in [0, 0.1) is 5.92 Å². The molecule has 4 heteroatoms. The molecule has 0 saturated heterocycles. The average molecular weight is 180 g/mol. The van der Waals surface area contributed by atoms with Crippen LogP contribution >= 0.6 is 0 Å². The quantitative estimate of drug-likeness (QED) is 0.664. The first-order valence-electron chi connectivity index (χ1n) is 4.23. The van der Waals surface area contributed by atoms with Crippen LogP contribution in [0.2, 0.25) is 0 Å². The van der Waals surface area contributed by atoms with Crippen molar-refractivity contribution < 1.29 is 8.78 Å². The van der Waals surface area contributed by atoms with E-state index in [1.54, 1.807) is 11.9 Å². The fourth-order valence-corrected chi connectivity index (χ4v) is 1.22. The van der Waals surface area contributed by atoms with E-state index in [2.05, 4.69) is 0 Å². The summed E-state index contributed by atoms with van der Waals surface area (Å²) in [6, 6.07) is 0. The molecule has 2 N–H and O–H groups in total. The maximum absolute atomic E-state index is 11.9. The van der Waals surface area contributed by atoms with Crippen molar-refractivity contribution in [3.8, 4) is 0 Å². The molecule has 74 valence electrons. The lowest BCUT2D eigenvalue weighted by molar-refractivity contribution is 0.0939. The third-order valence-corrected chi connectivity index (χ3v) is 1.73. The van der Waals surface area contributed by atoms with Crippen molar-refractivity contribution in [2.75, 3.05) is 26.7 Å². The fraction of sp³-hybridized carbons (Fsp3) is 1.00. The maximum atomic E-state index is 11.9. The number of halogens is 2. The van der Waals surface area contributed by atoms with Crippen LogP contribution in [0.5, 0.6) is 0 Å². The highest BCUT2D eigenvalue weighted by molar-refractivity contribution is 4.60. The van der Waals surface area contributed by atoms with E-state index in [-0.39, 0.29) is 6.54 Å². The first-order valence-corrected chi connectivity index (χ1v) is 4.23. The molecule has 0 saturated carbocycles. The normalized spacial score (nSPS) is 14.2. The number of nitrogens with zero attached hydrogens (tertiary/aromatic N) is 1. The minimum atomic E-state index is -2.24. The Morgan fingerprint density at radius 1 is 1.33 bits per heavy atom. The lowest BCUT2D eigenvalue weighted by atomic mass is 10.1. The largest absolute Gasteiger partial charge is 0.330 e. The van der Waals surface area contributed by atoms with Crippen molar-refractivity contribution in [1.82, 2.24) is 4.90 Å². The highest BCUT2D eigenvalue weighted by atomic mass is 19.3. The lowest BCUT2D eigenvalue weighted by Gasteiger charge is -2.20. The molecule has 0 aliphatic carbocycles. The zero-order chi connectivity index (χ0) is 9.56. The van der Waals surface area contributed by atoms with E-state index < -0.39 is 6.43 Å². The first-order chi connectivity index (χ1) is 5.56. The minimum Gasteiger partial charge on any atom is -0.330 e. The molecule has 0 amide bonds. The molecule has 1 atom stereocenters. The number of nitrogens with two attached hydrogens (primary N) is 1. The molecule has 0 aromatic carbocycles. The van der Waals surface area contributed by atoms with Crippen LogP contribution in [0.3, 0.4) is 0 Å². The summed E-state index contributed by atoms with van der Waals surface area (Å²) in [7, 11) is 1.71. The molecule has 12 heavy (non-hydrogen) atoms. The second kappa shape index (κ2) is 6.31. The monoisotopic (exact) mass is 180 g/mol. The molecule has 0 bridgehead atoms. The van der Waals surface area contributed by atoms with E-state index in [1.807, 2.05) is 6.92 Å². The Labute approximate surface area is 72.7 Å². The van der Waals surface area contributed by atoms with Gasteiger partial charge in [-0.3, -0.25) is 0 Å². The van der Waals surface area contributed by atoms with Gasteiger partial charge in [-0.1, -0.05) is 6.92 Å². The zero-order valence-electron chi connectivity index (χ0n) is 7.76. The van der Waals surface area contributed by atoms with Crippen LogP contribution in [0.25, 0.3) is 0 Å². The zero-order valence-corrected chi connectivity index (χ0v) is 7.76. The van der Waals surface area contributed by atoms with Gasteiger partial charge in [0.15, 0.2) is 0 Å². The van der Waals surface area contributed by atoms with Gasteiger partial charge in [-0.15, -0.1) is 0 Å². The molecule has 0 aromatic heterocycles. The molecule has 0 spiro atoms. The molecule has 0 aliphatic rings. The summed E-state index contributed by atoms with van der Waals surface area (Å²) in [4.78, 5) is 1.64. The second-order valence-electron chi connectivity index (χ2n) is 3.29. The van der Waals surface area contributed by atoms with Crippen LogP contribution in [0.15, 0.2) is 0 Å². The Morgan fingerprint density at radius 3 is 2.33 bits per heavy atom. The Kier molecular flexibility index (Phi) is 6.20. The average Bonchev–Trinajstić information content (AvgIpc) is 1.84. The summed E-state index contributed by atoms with van der Waals surface area (Å²) in [6.45, 7) is 3.20. The van der Waals surface area contributed by atoms with Gasteiger partial charge >= 0.3 is 0 Å². The van der Waals surface area contributed by atoms with Crippen molar-refractivity contribution in [3.05, 3.63) is 0 Å². The van der Waals surface area contributed by atoms with Crippen LogP contribution in [-0.2, 0) is 0 Å². The van der Waals surface area contributed by atoms with E-state index in [1.165, 1.54) is 0 Å². The van der Waals surface area contributed by atoms with Crippen LogP contribution < -0.4 is 5.73 Å². The number of hydrogen-bond donors (Lipinski definition) is 1. The Bertz CT molecular complexity index is 109. The predicted molar refractivity (Wildman–Crippen MR) is 46.3 cm³/mol. The van der Waals surface area contributed by atoms with Crippen molar-refractivity contribution in [3.63, 3.8) is 0 Å². The van der Waals surface area contributed by atoms with E-state index >= 15 is 0 Å². The highest BCUT2D eigenvalue weighted by Gasteiger charge is 2.10. The third kappa shape index (κ3) is 6.49. The molecule has 0 fully saturated rings. The highest BCUT2D eigenvalue weighted by Crippen LogP contribution is 2.04. The number of rotatable bonds is 6. The molecule has 0 aliphatic heterocycles. The van der Waals surface area contributed by atoms with Gasteiger partial charge in [0, 0.05) is 6.54 Å². The van der Waals surface area contributed by atoms with Gasteiger partial charge < -0.3 is 10.6 Å². The lowest BCUT2D eigenvalue weighted by Crippen LogP contribution is -2.29. The molecule has 1 unspecified atom stereocenters. The van der Waals surface area contributed by atoms with Gasteiger partial charge in [0.1, 0.15) is 0 Å². The van der Waals surface area contributed by atoms with Crippen molar-refractivity contribution in [1.29, 1.82) is 0 Å². The Morgan fingerprint density at radius 2 is 1.92 bits per heavy atom. The van der Waals surface area contributed by atoms with Crippen LogP contribution in [-0.4, -0.2) is 38.0 Å². The van der Waals surface area contributed by atoms with Gasteiger partial charge in [-0.25, -0.2) is 8.78 Å². The fourth-order valence-electron chi connectivity index (χ4n) is 1.22. The summed E-state index contributed by atoms with van der Waals surface area (Å²) >= 11 is 0. The molecule has 2 nitrogen and oxygen atoms in total. The number of alkyl halides is 2. The van der Waals surface area contributed by atoms with Crippen molar-refractivity contribution >= 4 is 0 Å². The summed E-state index contributed by atoms with van der Waals surface area (Å²) in [5, 5.41) is 0. The van der Waals surface area contributed by atoms with E-state index in [4.69, 9.17) is 5.73 Å². The van der Waals surface area contributed by atoms with Gasteiger partial charge in [0.2, 0.25) is 0 Å². The van der Waals surface area contributed by atoms with Gasteiger partial charge in [0.25, 0.3) is 6.43 Å². The SMILES string of the molecule is CC(CCN)CN(C)CC(F)F. The van der Waals surface area contributed by atoms with E-state index in [9.17, 15) is 8.78 Å². The molecular weight excluding hydrogens is 162 g/mol. The summed E-state index contributed by atoms with van der Waals surface area (Å²) < 4.78 is 23.7. The van der Waals surface area contributed by atoms with Crippen LogP contribution in [0.4, 0.5) is 8.78 Å². The standard InChI is InChI=1S/C8H18F2N2/c1-7(3-4-11)5-12(2)6-8(9)10/h7-8H,3-6,11H2,1-2H3. The molecular formula is C8H18F2N2. The van der Waals surface area contributed by atoms with E-state index in [0.29, 0.717) is 19.0 Å². The summed E-state index contributed by atoms with van der Waals surface area (Å²) in [5.41, 5.74) is 5.34. The molecule has 0 heterocycles. The summed E-state index contributed by atoms with van der Waals surface area (Å²) in [5.74, 6) is 0.402. The Balaban J connectivity index is 3.46.